The van der Waals surface area contributed by atoms with Gasteiger partial charge in [0.15, 0.2) is 0 Å². The molecule has 0 radical (unpaired) electrons. The fraction of sp³-hybridized carbons (Fsp3) is 0.867. The third-order valence-electron chi connectivity index (χ3n) is 5.45. The number of fused-ring (bicyclic) bond motifs is 1. The van der Waals surface area contributed by atoms with Gasteiger partial charge in [0.2, 0.25) is 0 Å². The first-order valence-electron chi connectivity index (χ1n) is 6.77. The lowest BCUT2D eigenvalue weighted by molar-refractivity contribution is -0.0636. The van der Waals surface area contributed by atoms with Crippen molar-refractivity contribution in [2.75, 3.05) is 0 Å². The fourth-order valence-electron chi connectivity index (χ4n) is 4.01. The first kappa shape index (κ1) is 12.2. The minimum atomic E-state index is -0.0676. The summed E-state index contributed by atoms with van der Waals surface area (Å²) in [6.45, 7) is 11.0. The summed E-state index contributed by atoms with van der Waals surface area (Å²) in [5.41, 5.74) is 1.83. The molecule has 0 spiro atoms. The zero-order valence-electron chi connectivity index (χ0n) is 11.0. The summed E-state index contributed by atoms with van der Waals surface area (Å²) in [6, 6.07) is 0. The van der Waals surface area contributed by atoms with Gasteiger partial charge in [0.25, 0.3) is 0 Å². The highest BCUT2D eigenvalue weighted by molar-refractivity contribution is 5.05. The van der Waals surface area contributed by atoms with E-state index in [0.29, 0.717) is 23.2 Å². The van der Waals surface area contributed by atoms with Crippen molar-refractivity contribution < 1.29 is 5.11 Å². The van der Waals surface area contributed by atoms with Crippen LogP contribution in [0.5, 0.6) is 0 Å². The topological polar surface area (TPSA) is 20.2 Å². The van der Waals surface area contributed by atoms with Crippen molar-refractivity contribution >= 4 is 0 Å². The molecule has 1 nitrogen and oxygen atoms in total. The fourth-order valence-corrected chi connectivity index (χ4v) is 4.01. The molecule has 0 heterocycles. The summed E-state index contributed by atoms with van der Waals surface area (Å²) in [7, 11) is 0. The zero-order chi connectivity index (χ0) is 11.9. The maximum absolute atomic E-state index is 10.0. The second kappa shape index (κ2) is 4.18. The lowest BCUT2D eigenvalue weighted by Crippen LogP contribution is -2.46. The number of allylic oxidation sites excluding steroid dienone is 1. The molecule has 0 saturated heterocycles. The van der Waals surface area contributed by atoms with E-state index in [1.165, 1.54) is 31.3 Å². The van der Waals surface area contributed by atoms with Gasteiger partial charge in [-0.2, -0.15) is 0 Å². The van der Waals surface area contributed by atoms with E-state index in [-0.39, 0.29) is 6.10 Å². The summed E-state index contributed by atoms with van der Waals surface area (Å²) in [5, 5.41) is 10.0. The molecule has 0 aromatic heterocycles. The van der Waals surface area contributed by atoms with Gasteiger partial charge < -0.3 is 5.11 Å². The van der Waals surface area contributed by atoms with E-state index in [1.807, 2.05) is 0 Å². The van der Waals surface area contributed by atoms with Crippen molar-refractivity contribution in [3.8, 4) is 0 Å². The van der Waals surface area contributed by atoms with E-state index in [1.54, 1.807) is 0 Å². The molecule has 16 heavy (non-hydrogen) atoms. The highest BCUT2D eigenvalue weighted by Crippen LogP contribution is 2.54. The molecular weight excluding hydrogens is 196 g/mol. The summed E-state index contributed by atoms with van der Waals surface area (Å²) >= 11 is 0. The van der Waals surface area contributed by atoms with Crippen LogP contribution in [0.3, 0.4) is 0 Å². The smallest absolute Gasteiger partial charge is 0.0568 e. The van der Waals surface area contributed by atoms with Gasteiger partial charge in [-0.15, -0.1) is 0 Å². The number of aliphatic hydroxyl groups excluding tert-OH is 1. The largest absolute Gasteiger partial charge is 0.393 e. The summed E-state index contributed by atoms with van der Waals surface area (Å²) in [4.78, 5) is 0. The molecule has 0 bridgehead atoms. The molecule has 2 fully saturated rings. The SMILES string of the molecule is C=C(C)[C@@H]1CC[C@]2(C)CC[C@@H](O)[C@H](C)[C@H]2C1. The second-order valence-electron chi connectivity index (χ2n) is 6.54. The summed E-state index contributed by atoms with van der Waals surface area (Å²) in [6.07, 6.45) is 6.04. The molecule has 1 heteroatoms. The first-order chi connectivity index (χ1) is 7.44. The molecule has 0 amide bonds. The van der Waals surface area contributed by atoms with Crippen molar-refractivity contribution in [2.45, 2.75) is 59.0 Å². The van der Waals surface area contributed by atoms with E-state index in [2.05, 4.69) is 27.4 Å². The average molecular weight is 222 g/mol. The number of rotatable bonds is 1. The lowest BCUT2D eigenvalue weighted by atomic mass is 9.54. The Labute approximate surface area is 99.9 Å². The molecule has 2 aliphatic rings. The van der Waals surface area contributed by atoms with Crippen molar-refractivity contribution in [3.63, 3.8) is 0 Å². The van der Waals surface area contributed by atoms with Crippen LogP contribution in [-0.2, 0) is 0 Å². The standard InChI is InChI=1S/C15H26O/c1-10(2)12-5-7-15(4)8-6-14(16)11(3)13(15)9-12/h11-14,16H,1,5-9H2,2-4H3/t11-,12-,13-,14-,15-/m1/s1. The minimum absolute atomic E-state index is 0.0676. The third-order valence-corrected chi connectivity index (χ3v) is 5.45. The number of hydrogen-bond acceptors (Lipinski definition) is 1. The molecule has 2 aliphatic carbocycles. The first-order valence-corrected chi connectivity index (χ1v) is 6.77. The van der Waals surface area contributed by atoms with Crippen LogP contribution in [0.2, 0.25) is 0 Å². The van der Waals surface area contributed by atoms with Crippen molar-refractivity contribution in [2.24, 2.45) is 23.2 Å². The monoisotopic (exact) mass is 222 g/mol. The van der Waals surface area contributed by atoms with E-state index in [0.717, 1.165) is 6.42 Å². The van der Waals surface area contributed by atoms with Gasteiger partial charge in [-0.25, -0.2) is 0 Å². The van der Waals surface area contributed by atoms with E-state index in [4.69, 9.17) is 0 Å². The van der Waals surface area contributed by atoms with Crippen LogP contribution < -0.4 is 0 Å². The molecular formula is C15H26O. The van der Waals surface area contributed by atoms with E-state index >= 15 is 0 Å². The van der Waals surface area contributed by atoms with Crippen molar-refractivity contribution in [1.29, 1.82) is 0 Å². The zero-order valence-corrected chi connectivity index (χ0v) is 11.0. The van der Waals surface area contributed by atoms with Gasteiger partial charge in [-0.1, -0.05) is 26.0 Å². The minimum Gasteiger partial charge on any atom is -0.393 e. The Hall–Kier alpha value is -0.300. The highest BCUT2D eigenvalue weighted by Gasteiger charge is 2.47. The predicted molar refractivity (Wildman–Crippen MR) is 68.2 cm³/mol. The van der Waals surface area contributed by atoms with Crippen LogP contribution >= 0.6 is 0 Å². The van der Waals surface area contributed by atoms with Gasteiger partial charge in [-0.05, 0) is 62.2 Å². The average Bonchev–Trinajstić information content (AvgIpc) is 2.24. The van der Waals surface area contributed by atoms with Crippen molar-refractivity contribution in [1.82, 2.24) is 0 Å². The maximum Gasteiger partial charge on any atom is 0.0568 e. The molecule has 92 valence electrons. The van der Waals surface area contributed by atoms with Crippen LogP contribution in [0.15, 0.2) is 12.2 Å². The van der Waals surface area contributed by atoms with Crippen LogP contribution in [0.1, 0.15) is 52.9 Å². The lowest BCUT2D eigenvalue weighted by Gasteiger charge is -2.52. The third kappa shape index (κ3) is 1.95. The second-order valence-corrected chi connectivity index (χ2v) is 6.54. The van der Waals surface area contributed by atoms with Gasteiger partial charge in [-0.3, -0.25) is 0 Å². The number of hydrogen-bond donors (Lipinski definition) is 1. The molecule has 2 saturated carbocycles. The van der Waals surface area contributed by atoms with E-state index in [9.17, 15) is 5.11 Å². The molecule has 1 N–H and O–H groups in total. The number of aliphatic hydroxyl groups is 1. The van der Waals surface area contributed by atoms with Gasteiger partial charge in [0, 0.05) is 0 Å². The van der Waals surface area contributed by atoms with Gasteiger partial charge in [0.1, 0.15) is 0 Å². The van der Waals surface area contributed by atoms with Gasteiger partial charge >= 0.3 is 0 Å². The highest BCUT2D eigenvalue weighted by atomic mass is 16.3. The molecule has 0 aliphatic heterocycles. The van der Waals surface area contributed by atoms with Crippen molar-refractivity contribution in [3.05, 3.63) is 12.2 Å². The predicted octanol–water partition coefficient (Wildman–Crippen LogP) is 3.78. The molecule has 2 rings (SSSR count). The van der Waals surface area contributed by atoms with Crippen LogP contribution in [0.25, 0.3) is 0 Å². The molecule has 0 unspecified atom stereocenters. The van der Waals surface area contributed by atoms with Gasteiger partial charge in [0.05, 0.1) is 6.10 Å². The van der Waals surface area contributed by atoms with Crippen LogP contribution in [0, 0.1) is 23.2 Å². The van der Waals surface area contributed by atoms with Crippen LogP contribution in [-0.4, -0.2) is 11.2 Å². The maximum atomic E-state index is 10.0. The Morgan fingerprint density at radius 3 is 2.56 bits per heavy atom. The molecule has 5 atom stereocenters. The Balaban J connectivity index is 2.15. The quantitative estimate of drug-likeness (QED) is 0.669. The Morgan fingerprint density at radius 1 is 1.31 bits per heavy atom. The Kier molecular flexibility index (Phi) is 3.18. The Bertz CT molecular complexity index is 283. The summed E-state index contributed by atoms with van der Waals surface area (Å²) in [5.74, 6) is 1.87. The van der Waals surface area contributed by atoms with Crippen LogP contribution in [0.4, 0.5) is 0 Å². The normalized spacial score (nSPS) is 48.5. The molecule has 0 aromatic rings. The summed E-state index contributed by atoms with van der Waals surface area (Å²) < 4.78 is 0. The van der Waals surface area contributed by atoms with E-state index < -0.39 is 0 Å². The Morgan fingerprint density at radius 2 is 1.94 bits per heavy atom. The molecule has 0 aromatic carbocycles.